The number of piperidine rings is 1. The van der Waals surface area contributed by atoms with Gasteiger partial charge in [0, 0.05) is 17.9 Å². The van der Waals surface area contributed by atoms with E-state index >= 15 is 0 Å². The predicted molar refractivity (Wildman–Crippen MR) is 154 cm³/mol. The Morgan fingerprint density at radius 3 is 2.11 bits per heavy atom. The molecule has 1 N–H and O–H groups in total. The standard InChI is InChI=1S/C33H55NO4/c1-3-4-5-6-14-17-25-34(2)26-19-21-28(27-34)20-15-12-10-8-7-9-11-13-16-24-31(35)29-22-18-23-30(32(29)36)33(37)38/h18,22-23,28H,3-17,19-21,24-27H2,1-2H3,(H-,35,36,37,38). The Morgan fingerprint density at radius 1 is 0.868 bits per heavy atom. The van der Waals surface area contributed by atoms with Gasteiger partial charge in [0.05, 0.1) is 38.2 Å². The lowest BCUT2D eigenvalue weighted by Crippen LogP contribution is -2.51. The number of hydrogen-bond acceptors (Lipinski definition) is 4. The smallest absolute Gasteiger partial charge is 0.166 e. The number of carboxylic acid groups (broad SMARTS) is 1. The zero-order valence-electron chi connectivity index (χ0n) is 24.5. The van der Waals surface area contributed by atoms with Gasteiger partial charge in [-0.2, -0.15) is 0 Å². The summed E-state index contributed by atoms with van der Waals surface area (Å²) in [6.07, 6.45) is 23.7. The number of phenols is 1. The highest BCUT2D eigenvalue weighted by Crippen LogP contribution is 2.27. The van der Waals surface area contributed by atoms with Gasteiger partial charge in [0.25, 0.3) is 0 Å². The molecule has 2 unspecified atom stereocenters. The molecule has 1 fully saturated rings. The van der Waals surface area contributed by atoms with Crippen molar-refractivity contribution in [3.05, 3.63) is 29.3 Å². The molecule has 216 valence electrons. The molecule has 1 aromatic rings. The lowest BCUT2D eigenvalue weighted by Gasteiger charge is -2.41. The van der Waals surface area contributed by atoms with Crippen LogP contribution in [-0.2, 0) is 0 Å². The van der Waals surface area contributed by atoms with Gasteiger partial charge in [-0.15, -0.1) is 0 Å². The largest absolute Gasteiger partial charge is 0.545 e. The van der Waals surface area contributed by atoms with Crippen molar-refractivity contribution in [1.29, 1.82) is 0 Å². The Labute approximate surface area is 232 Å². The first-order valence-corrected chi connectivity index (χ1v) is 15.8. The summed E-state index contributed by atoms with van der Waals surface area (Å²) in [6.45, 7) is 6.46. The highest BCUT2D eigenvalue weighted by molar-refractivity contribution is 6.02. The average Bonchev–Trinajstić information content (AvgIpc) is 2.89. The number of nitrogens with zero attached hydrogens (tertiary/aromatic N) is 1. The third kappa shape index (κ3) is 12.3. The summed E-state index contributed by atoms with van der Waals surface area (Å²) in [6, 6.07) is 4.21. The SMILES string of the molecule is CCCCCCCC[N+]1(C)CCCC(CCCCCCCCCCCC(=O)c2cccc(C(=O)[O-])c2O)C1. The predicted octanol–water partition coefficient (Wildman–Crippen LogP) is 7.45. The number of carbonyl (C=O) groups is 2. The average molecular weight is 530 g/mol. The molecule has 0 amide bonds. The van der Waals surface area contributed by atoms with Crippen molar-refractivity contribution < 1.29 is 24.3 Å². The van der Waals surface area contributed by atoms with Gasteiger partial charge in [0.15, 0.2) is 5.78 Å². The minimum absolute atomic E-state index is 0.0845. The first-order chi connectivity index (χ1) is 18.4. The molecule has 5 nitrogen and oxygen atoms in total. The lowest BCUT2D eigenvalue weighted by atomic mass is 9.90. The Kier molecular flexibility index (Phi) is 15.7. The van der Waals surface area contributed by atoms with Crippen LogP contribution >= 0.6 is 0 Å². The van der Waals surface area contributed by atoms with Crippen LogP contribution in [0.2, 0.25) is 0 Å². The van der Waals surface area contributed by atoms with E-state index in [0.29, 0.717) is 6.42 Å². The molecule has 2 rings (SSSR count). The first-order valence-electron chi connectivity index (χ1n) is 15.8. The molecule has 0 saturated carbocycles. The molecule has 0 aliphatic carbocycles. The third-order valence-electron chi connectivity index (χ3n) is 8.63. The molecule has 1 aliphatic rings. The molecule has 1 heterocycles. The fraction of sp³-hybridized carbons (Fsp3) is 0.758. The zero-order chi connectivity index (χ0) is 27.6. The van der Waals surface area contributed by atoms with E-state index in [1.807, 2.05) is 0 Å². The maximum Gasteiger partial charge on any atom is 0.166 e. The van der Waals surface area contributed by atoms with Gasteiger partial charge in [0.1, 0.15) is 5.75 Å². The first kappa shape index (κ1) is 32.3. The van der Waals surface area contributed by atoms with E-state index in [1.165, 1.54) is 139 Å². The highest BCUT2D eigenvalue weighted by Gasteiger charge is 2.30. The van der Waals surface area contributed by atoms with E-state index in [0.717, 1.165) is 25.2 Å². The van der Waals surface area contributed by atoms with E-state index < -0.39 is 11.7 Å². The summed E-state index contributed by atoms with van der Waals surface area (Å²) in [7, 11) is 2.51. The number of ketones is 1. The number of unbranched alkanes of at least 4 members (excludes halogenated alkanes) is 13. The van der Waals surface area contributed by atoms with Crippen LogP contribution in [0.1, 0.15) is 150 Å². The highest BCUT2D eigenvalue weighted by atomic mass is 16.4. The Bertz CT molecular complexity index is 823. The number of carboxylic acids is 1. The van der Waals surface area contributed by atoms with Crippen LogP contribution in [0, 0.1) is 5.92 Å². The van der Waals surface area contributed by atoms with Crippen molar-refractivity contribution in [2.75, 3.05) is 26.7 Å². The second-order valence-electron chi connectivity index (χ2n) is 12.2. The number of rotatable bonds is 21. The van der Waals surface area contributed by atoms with Crippen molar-refractivity contribution in [2.45, 2.75) is 129 Å². The molecule has 0 aromatic heterocycles. The van der Waals surface area contributed by atoms with Gasteiger partial charge >= 0.3 is 0 Å². The second-order valence-corrected chi connectivity index (χ2v) is 12.2. The topological polar surface area (TPSA) is 77.4 Å². The minimum Gasteiger partial charge on any atom is -0.545 e. The molecule has 5 heteroatoms. The second kappa shape index (κ2) is 18.4. The molecular weight excluding hydrogens is 474 g/mol. The van der Waals surface area contributed by atoms with Crippen LogP contribution in [0.25, 0.3) is 0 Å². The van der Waals surface area contributed by atoms with Gasteiger partial charge in [-0.1, -0.05) is 90.0 Å². The van der Waals surface area contributed by atoms with E-state index in [9.17, 15) is 19.8 Å². The van der Waals surface area contributed by atoms with E-state index in [1.54, 1.807) is 0 Å². The summed E-state index contributed by atoms with van der Waals surface area (Å²) >= 11 is 0. The van der Waals surface area contributed by atoms with Crippen LogP contribution in [0.5, 0.6) is 5.75 Å². The van der Waals surface area contributed by atoms with Gasteiger partial charge < -0.3 is 19.5 Å². The monoisotopic (exact) mass is 529 g/mol. The summed E-state index contributed by atoms with van der Waals surface area (Å²) in [5, 5.41) is 21.0. The van der Waals surface area contributed by atoms with Crippen LogP contribution in [0.4, 0.5) is 0 Å². The van der Waals surface area contributed by atoms with Crippen molar-refractivity contribution in [2.24, 2.45) is 5.92 Å². The molecule has 0 spiro atoms. The number of benzene rings is 1. The number of hydrogen-bond donors (Lipinski definition) is 1. The van der Waals surface area contributed by atoms with E-state index in [2.05, 4.69) is 14.0 Å². The number of aromatic carboxylic acids is 1. The number of para-hydroxylation sites is 1. The van der Waals surface area contributed by atoms with Crippen LogP contribution in [0.15, 0.2) is 18.2 Å². The number of aromatic hydroxyl groups is 1. The van der Waals surface area contributed by atoms with E-state index in [-0.39, 0.29) is 16.9 Å². The summed E-state index contributed by atoms with van der Waals surface area (Å²) in [5.74, 6) is -1.21. The van der Waals surface area contributed by atoms with Gasteiger partial charge in [0.2, 0.25) is 0 Å². The number of quaternary nitrogens is 1. The normalized spacial score (nSPS) is 19.5. The van der Waals surface area contributed by atoms with Crippen molar-refractivity contribution in [1.82, 2.24) is 0 Å². The molecule has 0 bridgehead atoms. The summed E-state index contributed by atoms with van der Waals surface area (Å²) in [4.78, 5) is 23.4. The Hall–Kier alpha value is -1.88. The molecule has 1 aliphatic heterocycles. The molecule has 1 aromatic carbocycles. The van der Waals surface area contributed by atoms with Gasteiger partial charge in [-0.05, 0) is 50.7 Å². The summed E-state index contributed by atoms with van der Waals surface area (Å²) in [5.41, 5.74) is -0.239. The maximum absolute atomic E-state index is 12.3. The van der Waals surface area contributed by atoms with Crippen LogP contribution < -0.4 is 5.11 Å². The molecule has 1 saturated heterocycles. The van der Waals surface area contributed by atoms with Crippen LogP contribution in [0.3, 0.4) is 0 Å². The fourth-order valence-corrected chi connectivity index (χ4v) is 6.30. The van der Waals surface area contributed by atoms with Crippen molar-refractivity contribution >= 4 is 11.8 Å². The lowest BCUT2D eigenvalue weighted by molar-refractivity contribution is -0.917. The zero-order valence-corrected chi connectivity index (χ0v) is 24.5. The third-order valence-corrected chi connectivity index (χ3v) is 8.63. The maximum atomic E-state index is 12.3. The molecule has 0 radical (unpaired) electrons. The van der Waals surface area contributed by atoms with Crippen LogP contribution in [-0.4, -0.2) is 48.0 Å². The number of Topliss-reactive ketones (excluding diaryl/α,β-unsaturated/α-hetero) is 1. The van der Waals surface area contributed by atoms with E-state index in [4.69, 9.17) is 0 Å². The number of likely N-dealkylation sites (tertiary alicyclic amines) is 1. The van der Waals surface area contributed by atoms with Crippen molar-refractivity contribution in [3.8, 4) is 5.75 Å². The van der Waals surface area contributed by atoms with Crippen molar-refractivity contribution in [3.63, 3.8) is 0 Å². The molecule has 38 heavy (non-hydrogen) atoms. The van der Waals surface area contributed by atoms with Gasteiger partial charge in [-0.25, -0.2) is 0 Å². The Morgan fingerprint density at radius 2 is 1.45 bits per heavy atom. The minimum atomic E-state index is -1.47. The number of carbonyl (C=O) groups excluding carboxylic acids is 2. The fourth-order valence-electron chi connectivity index (χ4n) is 6.30. The molecular formula is C33H55NO4. The molecule has 2 atom stereocenters. The Balaban J connectivity index is 1.46. The quantitative estimate of drug-likeness (QED) is 0.102. The summed E-state index contributed by atoms with van der Waals surface area (Å²) < 4.78 is 1.32. The van der Waals surface area contributed by atoms with Gasteiger partial charge in [-0.3, -0.25) is 4.79 Å².